The van der Waals surface area contributed by atoms with Gasteiger partial charge in [0.2, 0.25) is 0 Å². The van der Waals surface area contributed by atoms with Crippen molar-refractivity contribution in [3.8, 4) is 0 Å². The second kappa shape index (κ2) is 59.6. The van der Waals surface area contributed by atoms with E-state index in [1.807, 2.05) is 0 Å². The summed E-state index contributed by atoms with van der Waals surface area (Å²) in [6, 6.07) is 0. The highest BCUT2D eigenvalue weighted by molar-refractivity contribution is 5.71. The standard InChI is InChI=1S/C66H110O6/c1-4-7-10-13-16-19-22-24-26-28-29-30-31-32-33-34-35-36-37-38-40-41-44-47-50-53-56-59-65(68)71-62-63(61-70-64(67)58-55-52-49-46-43-21-18-15-12-9-6-3)72-66(69)60-57-54-51-48-45-42-39-27-25-23-20-17-14-11-8-5-2/h7,10,15-16,18-20,23-24,26-27,29-30,32-33,35-36,39,63H,4-6,8-9,11-14,17,21-22,25,28,31,34,37-38,40-62H2,1-3H3/b10-7-,18-15-,19-16-,23-20-,26-24-,30-29-,33-32-,36-35-,39-27-. The van der Waals surface area contributed by atoms with Crippen LogP contribution < -0.4 is 0 Å². The Kier molecular flexibility index (Phi) is 56.4. The van der Waals surface area contributed by atoms with Crippen LogP contribution in [0, 0.1) is 0 Å². The van der Waals surface area contributed by atoms with E-state index < -0.39 is 6.10 Å². The molecule has 0 amide bonds. The van der Waals surface area contributed by atoms with Gasteiger partial charge in [-0.2, -0.15) is 0 Å². The van der Waals surface area contributed by atoms with Crippen molar-refractivity contribution in [1.29, 1.82) is 0 Å². The molecule has 0 aromatic carbocycles. The monoisotopic (exact) mass is 999 g/mol. The molecule has 72 heavy (non-hydrogen) atoms. The molecule has 0 N–H and O–H groups in total. The van der Waals surface area contributed by atoms with Crippen LogP contribution >= 0.6 is 0 Å². The van der Waals surface area contributed by atoms with E-state index in [0.717, 1.165) is 141 Å². The first-order valence-electron chi connectivity index (χ1n) is 29.9. The number of allylic oxidation sites excluding steroid dienone is 18. The van der Waals surface area contributed by atoms with Crippen molar-refractivity contribution in [2.45, 2.75) is 277 Å². The molecule has 6 nitrogen and oxygen atoms in total. The summed E-state index contributed by atoms with van der Waals surface area (Å²) < 4.78 is 16.8. The zero-order chi connectivity index (χ0) is 52.2. The van der Waals surface area contributed by atoms with Crippen molar-refractivity contribution in [2.24, 2.45) is 0 Å². The van der Waals surface area contributed by atoms with E-state index in [-0.39, 0.29) is 31.1 Å². The maximum absolute atomic E-state index is 12.8. The van der Waals surface area contributed by atoms with Crippen molar-refractivity contribution in [1.82, 2.24) is 0 Å². The maximum atomic E-state index is 12.8. The van der Waals surface area contributed by atoms with E-state index in [9.17, 15) is 14.4 Å². The van der Waals surface area contributed by atoms with Crippen LogP contribution in [0.4, 0.5) is 0 Å². The van der Waals surface area contributed by atoms with Gasteiger partial charge in [-0.1, -0.05) is 239 Å². The Morgan fingerprint density at radius 1 is 0.292 bits per heavy atom. The van der Waals surface area contributed by atoms with E-state index >= 15 is 0 Å². The predicted molar refractivity (Wildman–Crippen MR) is 311 cm³/mol. The summed E-state index contributed by atoms with van der Waals surface area (Å²) in [5, 5.41) is 0. The third-order valence-corrected chi connectivity index (χ3v) is 12.5. The van der Waals surface area contributed by atoms with Crippen molar-refractivity contribution in [3.05, 3.63) is 109 Å². The quantitative estimate of drug-likeness (QED) is 0.0261. The minimum atomic E-state index is -0.794. The van der Waals surface area contributed by atoms with E-state index in [2.05, 4.69) is 130 Å². The molecule has 0 fully saturated rings. The molecule has 1 atom stereocenters. The summed E-state index contributed by atoms with van der Waals surface area (Å²) >= 11 is 0. The van der Waals surface area contributed by atoms with Crippen LogP contribution in [0.3, 0.4) is 0 Å². The maximum Gasteiger partial charge on any atom is 0.306 e. The SMILES string of the molecule is CC/C=C\C/C=C\C/C=C\C/C=C\C/C=C\C/C=C\CCCCCCCCCCC(=O)OCC(COC(=O)CCCCCCC/C=C\CCCC)OC(=O)CCCCCCC/C=C\C/C=C\CCCCCC. The van der Waals surface area contributed by atoms with Gasteiger partial charge >= 0.3 is 17.9 Å². The third-order valence-electron chi connectivity index (χ3n) is 12.5. The van der Waals surface area contributed by atoms with Crippen molar-refractivity contribution in [2.75, 3.05) is 13.2 Å². The summed E-state index contributed by atoms with van der Waals surface area (Å²) in [7, 11) is 0. The number of carbonyl (C=O) groups is 3. The molecule has 0 spiro atoms. The molecule has 1 unspecified atom stereocenters. The fourth-order valence-electron chi connectivity index (χ4n) is 7.99. The highest BCUT2D eigenvalue weighted by Gasteiger charge is 2.19. The van der Waals surface area contributed by atoms with Gasteiger partial charge in [-0.25, -0.2) is 0 Å². The number of esters is 3. The first kappa shape index (κ1) is 68.1. The van der Waals surface area contributed by atoms with Crippen LogP contribution in [0.1, 0.15) is 271 Å². The highest BCUT2D eigenvalue weighted by Crippen LogP contribution is 2.14. The second-order valence-electron chi connectivity index (χ2n) is 19.5. The van der Waals surface area contributed by atoms with Gasteiger partial charge in [-0.15, -0.1) is 0 Å². The minimum Gasteiger partial charge on any atom is -0.462 e. The van der Waals surface area contributed by atoms with Gasteiger partial charge in [0.15, 0.2) is 6.10 Å². The van der Waals surface area contributed by atoms with E-state index in [1.54, 1.807) is 0 Å². The van der Waals surface area contributed by atoms with E-state index in [4.69, 9.17) is 14.2 Å². The van der Waals surface area contributed by atoms with Crippen molar-refractivity contribution < 1.29 is 28.6 Å². The summed E-state index contributed by atoms with van der Waals surface area (Å²) in [4.78, 5) is 38.1. The lowest BCUT2D eigenvalue weighted by atomic mass is 10.1. The number of rotatable bonds is 53. The molecular weight excluding hydrogens is 889 g/mol. The summed E-state index contributed by atoms with van der Waals surface area (Å²) in [6.45, 7) is 6.45. The Labute approximate surface area is 444 Å². The first-order chi connectivity index (χ1) is 35.5. The highest BCUT2D eigenvalue weighted by atomic mass is 16.6. The topological polar surface area (TPSA) is 78.9 Å². The van der Waals surface area contributed by atoms with Gasteiger partial charge in [-0.3, -0.25) is 14.4 Å². The fraction of sp³-hybridized carbons (Fsp3) is 0.682. The van der Waals surface area contributed by atoms with E-state index in [1.165, 1.54) is 89.9 Å². The van der Waals surface area contributed by atoms with Crippen LogP contribution in [0.25, 0.3) is 0 Å². The van der Waals surface area contributed by atoms with Gasteiger partial charge in [0.05, 0.1) is 0 Å². The Morgan fingerprint density at radius 2 is 0.556 bits per heavy atom. The van der Waals surface area contributed by atoms with Gasteiger partial charge in [-0.05, 0) is 122 Å². The van der Waals surface area contributed by atoms with Gasteiger partial charge < -0.3 is 14.2 Å². The normalized spacial score (nSPS) is 12.9. The molecule has 0 heterocycles. The zero-order valence-electron chi connectivity index (χ0n) is 46.9. The van der Waals surface area contributed by atoms with Gasteiger partial charge in [0.25, 0.3) is 0 Å². The first-order valence-corrected chi connectivity index (χ1v) is 29.9. The van der Waals surface area contributed by atoms with Crippen molar-refractivity contribution in [3.63, 3.8) is 0 Å². The molecule has 0 bridgehead atoms. The average molecular weight is 1000 g/mol. The number of ether oxygens (including phenoxy) is 3. The molecule has 0 aliphatic rings. The fourth-order valence-corrected chi connectivity index (χ4v) is 7.99. The van der Waals surface area contributed by atoms with Crippen LogP contribution in [-0.2, 0) is 28.6 Å². The van der Waals surface area contributed by atoms with Gasteiger partial charge in [0.1, 0.15) is 13.2 Å². The summed E-state index contributed by atoms with van der Waals surface area (Å²) in [5.74, 6) is -0.921. The molecule has 0 aromatic rings. The second-order valence-corrected chi connectivity index (χ2v) is 19.5. The lowest BCUT2D eigenvalue weighted by Crippen LogP contribution is -2.30. The lowest BCUT2D eigenvalue weighted by Gasteiger charge is -2.18. The molecule has 0 saturated heterocycles. The largest absolute Gasteiger partial charge is 0.462 e. The van der Waals surface area contributed by atoms with Crippen LogP contribution in [-0.4, -0.2) is 37.2 Å². The molecule has 0 rings (SSSR count). The summed E-state index contributed by atoms with van der Waals surface area (Å²) in [6.07, 6.45) is 80.8. The average Bonchev–Trinajstić information content (AvgIpc) is 3.38. The Bertz CT molecular complexity index is 1470. The molecule has 6 heteroatoms. The molecule has 410 valence electrons. The molecular formula is C66H110O6. The summed E-state index contributed by atoms with van der Waals surface area (Å²) in [5.41, 5.74) is 0. The Morgan fingerprint density at radius 3 is 0.903 bits per heavy atom. The smallest absolute Gasteiger partial charge is 0.306 e. The molecule has 0 aliphatic heterocycles. The van der Waals surface area contributed by atoms with Crippen molar-refractivity contribution >= 4 is 17.9 Å². The molecule has 0 aromatic heterocycles. The molecule has 0 saturated carbocycles. The number of unbranched alkanes of at least 4 members (excludes halogenated alkanes) is 24. The predicted octanol–water partition coefficient (Wildman–Crippen LogP) is 20.3. The number of hydrogen-bond acceptors (Lipinski definition) is 6. The number of carbonyl (C=O) groups excluding carboxylic acids is 3. The number of hydrogen-bond donors (Lipinski definition) is 0. The van der Waals surface area contributed by atoms with E-state index in [0.29, 0.717) is 19.3 Å². The minimum absolute atomic E-state index is 0.0914. The van der Waals surface area contributed by atoms with Crippen LogP contribution in [0.2, 0.25) is 0 Å². The van der Waals surface area contributed by atoms with Gasteiger partial charge in [0, 0.05) is 19.3 Å². The van der Waals surface area contributed by atoms with Crippen LogP contribution in [0.5, 0.6) is 0 Å². The third kappa shape index (κ3) is 57.0. The molecule has 0 aliphatic carbocycles. The zero-order valence-corrected chi connectivity index (χ0v) is 46.9. The molecule has 0 radical (unpaired) electrons. The lowest BCUT2D eigenvalue weighted by molar-refractivity contribution is -0.167. The van der Waals surface area contributed by atoms with Crippen LogP contribution in [0.15, 0.2) is 109 Å². The Hall–Kier alpha value is -3.93. The Balaban J connectivity index is 4.32.